The average Bonchev–Trinajstić information content (AvgIpc) is 2.72. The van der Waals surface area contributed by atoms with Crippen molar-refractivity contribution in [3.05, 3.63) is 69.5 Å². The van der Waals surface area contributed by atoms with Gasteiger partial charge in [0, 0.05) is 41.2 Å². The number of hydrogen-bond donors (Lipinski definition) is 1. The van der Waals surface area contributed by atoms with Crippen molar-refractivity contribution in [1.29, 1.82) is 0 Å². The van der Waals surface area contributed by atoms with Crippen molar-refractivity contribution in [3.8, 4) is 0 Å². The minimum Gasteiger partial charge on any atom is -0.356 e. The van der Waals surface area contributed by atoms with Gasteiger partial charge in [0.25, 0.3) is 0 Å². The number of nitrogens with zero attached hydrogens (tertiary/aromatic N) is 1. The Kier molecular flexibility index (Phi) is 7.74. The van der Waals surface area contributed by atoms with Crippen LogP contribution in [0.1, 0.15) is 24.0 Å². The molecule has 1 fully saturated rings. The summed E-state index contributed by atoms with van der Waals surface area (Å²) in [5.74, 6) is -0.863. The Morgan fingerprint density at radius 1 is 1.07 bits per heavy atom. The number of rotatable bonds is 7. The van der Waals surface area contributed by atoms with E-state index in [2.05, 4.69) is 5.32 Å². The van der Waals surface area contributed by atoms with E-state index in [4.69, 9.17) is 23.2 Å². The van der Waals surface area contributed by atoms with Gasteiger partial charge in [0.05, 0.1) is 5.75 Å². The van der Waals surface area contributed by atoms with E-state index in [0.717, 1.165) is 5.56 Å². The first-order chi connectivity index (χ1) is 14.3. The van der Waals surface area contributed by atoms with Crippen molar-refractivity contribution in [1.82, 2.24) is 9.62 Å². The van der Waals surface area contributed by atoms with Crippen molar-refractivity contribution < 1.29 is 17.6 Å². The zero-order chi connectivity index (χ0) is 21.7. The Labute approximate surface area is 186 Å². The van der Waals surface area contributed by atoms with Crippen LogP contribution in [-0.2, 0) is 27.0 Å². The minimum atomic E-state index is -3.58. The summed E-state index contributed by atoms with van der Waals surface area (Å²) >= 11 is 12.2. The molecule has 0 aliphatic carbocycles. The fourth-order valence-corrected chi connectivity index (χ4v) is 5.78. The van der Waals surface area contributed by atoms with Crippen LogP contribution in [0.2, 0.25) is 10.0 Å². The highest BCUT2D eigenvalue weighted by molar-refractivity contribution is 7.88. The summed E-state index contributed by atoms with van der Waals surface area (Å²) < 4.78 is 39.9. The number of nitrogens with one attached hydrogen (secondary N) is 1. The number of piperidine rings is 1. The summed E-state index contributed by atoms with van der Waals surface area (Å²) in [7, 11) is -3.58. The van der Waals surface area contributed by atoms with Crippen molar-refractivity contribution in [3.63, 3.8) is 0 Å². The Hall–Kier alpha value is -1.67. The molecule has 0 spiro atoms. The van der Waals surface area contributed by atoms with Crippen LogP contribution in [0.3, 0.4) is 0 Å². The largest absolute Gasteiger partial charge is 0.356 e. The van der Waals surface area contributed by atoms with Gasteiger partial charge in [-0.05, 0) is 49.1 Å². The fourth-order valence-electron chi connectivity index (χ4n) is 3.47. The van der Waals surface area contributed by atoms with Gasteiger partial charge < -0.3 is 5.32 Å². The van der Waals surface area contributed by atoms with Crippen molar-refractivity contribution in [2.45, 2.75) is 25.0 Å². The number of benzene rings is 2. The highest BCUT2D eigenvalue weighted by atomic mass is 35.5. The monoisotopic (exact) mass is 472 g/mol. The first kappa shape index (κ1) is 23.0. The molecule has 9 heteroatoms. The van der Waals surface area contributed by atoms with Crippen LogP contribution in [0.25, 0.3) is 0 Å². The molecular weight excluding hydrogens is 450 g/mol. The van der Waals surface area contributed by atoms with E-state index in [1.54, 1.807) is 30.3 Å². The number of hydrogen-bond acceptors (Lipinski definition) is 3. The third-order valence-corrected chi connectivity index (χ3v) is 7.75. The number of sulfonamides is 1. The summed E-state index contributed by atoms with van der Waals surface area (Å²) in [5, 5.41) is 3.53. The summed E-state index contributed by atoms with van der Waals surface area (Å²) in [6.45, 7) is 1.01. The second kappa shape index (κ2) is 10.1. The molecule has 1 heterocycles. The van der Waals surface area contributed by atoms with Crippen molar-refractivity contribution in [2.75, 3.05) is 19.6 Å². The van der Waals surface area contributed by atoms with Crippen LogP contribution in [0.5, 0.6) is 0 Å². The fraction of sp³-hybridized carbons (Fsp3) is 0.381. The molecule has 1 aliphatic rings. The van der Waals surface area contributed by atoms with Gasteiger partial charge in [-0.15, -0.1) is 0 Å². The zero-order valence-corrected chi connectivity index (χ0v) is 18.6. The van der Waals surface area contributed by atoms with Gasteiger partial charge in [-0.2, -0.15) is 0 Å². The summed E-state index contributed by atoms with van der Waals surface area (Å²) in [4.78, 5) is 12.4. The third-order valence-electron chi connectivity index (χ3n) is 5.23. The maximum absolute atomic E-state index is 12.9. The molecule has 30 heavy (non-hydrogen) atoms. The van der Waals surface area contributed by atoms with Gasteiger partial charge in [0.2, 0.25) is 15.9 Å². The Morgan fingerprint density at radius 3 is 2.27 bits per heavy atom. The molecule has 162 valence electrons. The predicted molar refractivity (Wildman–Crippen MR) is 116 cm³/mol. The maximum atomic E-state index is 12.9. The van der Waals surface area contributed by atoms with Crippen LogP contribution in [0, 0.1) is 11.7 Å². The van der Waals surface area contributed by atoms with E-state index < -0.39 is 10.0 Å². The van der Waals surface area contributed by atoms with Gasteiger partial charge in [-0.1, -0.05) is 41.4 Å². The van der Waals surface area contributed by atoms with Crippen LogP contribution in [-0.4, -0.2) is 38.3 Å². The molecule has 0 radical (unpaired) electrons. The van der Waals surface area contributed by atoms with Gasteiger partial charge in [-0.25, -0.2) is 17.1 Å². The number of carbonyl (C=O) groups excluding carboxylic acids is 1. The molecule has 0 atom stereocenters. The highest BCUT2D eigenvalue weighted by Crippen LogP contribution is 2.29. The zero-order valence-electron chi connectivity index (χ0n) is 16.3. The average molecular weight is 473 g/mol. The van der Waals surface area contributed by atoms with Crippen molar-refractivity contribution >= 4 is 39.1 Å². The summed E-state index contributed by atoms with van der Waals surface area (Å²) in [6.07, 6.45) is 1.52. The Morgan fingerprint density at radius 2 is 1.67 bits per heavy atom. The second-order valence-corrected chi connectivity index (χ2v) is 10.1. The first-order valence-corrected chi connectivity index (χ1v) is 12.1. The van der Waals surface area contributed by atoms with E-state index in [0.29, 0.717) is 41.4 Å². The molecule has 0 aromatic heterocycles. The minimum absolute atomic E-state index is 0.0803. The lowest BCUT2D eigenvalue weighted by atomic mass is 9.97. The number of carbonyl (C=O) groups is 1. The maximum Gasteiger partial charge on any atom is 0.223 e. The molecule has 0 saturated carbocycles. The molecule has 2 aromatic carbocycles. The molecule has 5 nitrogen and oxygen atoms in total. The topological polar surface area (TPSA) is 66.5 Å². The molecule has 0 bridgehead atoms. The second-order valence-electron chi connectivity index (χ2n) is 7.30. The number of amides is 1. The highest BCUT2D eigenvalue weighted by Gasteiger charge is 2.31. The molecule has 1 N–H and O–H groups in total. The normalized spacial score (nSPS) is 15.8. The van der Waals surface area contributed by atoms with E-state index in [1.807, 2.05) is 0 Å². The van der Waals surface area contributed by atoms with E-state index in [9.17, 15) is 17.6 Å². The lowest BCUT2D eigenvalue weighted by molar-refractivity contribution is -0.126. The van der Waals surface area contributed by atoms with Crippen LogP contribution in [0.4, 0.5) is 4.39 Å². The lowest BCUT2D eigenvalue weighted by Crippen LogP contribution is -2.43. The van der Waals surface area contributed by atoms with Gasteiger partial charge in [0.1, 0.15) is 5.82 Å². The Bertz CT molecular complexity index is 972. The number of halogens is 3. The summed E-state index contributed by atoms with van der Waals surface area (Å²) in [6, 6.07) is 11.1. The molecule has 3 rings (SSSR count). The standard InChI is InChI=1S/C21H23Cl2FN2O3S/c22-19-2-1-3-20(23)18(19)14-30(28,29)26-12-9-16(10-13-26)21(27)25-11-8-15-4-6-17(24)7-5-15/h1-7,16H,8-14H2,(H,25,27). The van der Waals surface area contributed by atoms with E-state index in [-0.39, 0.29) is 36.5 Å². The van der Waals surface area contributed by atoms with Gasteiger partial charge >= 0.3 is 0 Å². The van der Waals surface area contributed by atoms with Crippen LogP contribution in [0.15, 0.2) is 42.5 Å². The van der Waals surface area contributed by atoms with Gasteiger partial charge in [-0.3, -0.25) is 4.79 Å². The molecule has 1 amide bonds. The predicted octanol–water partition coefficient (Wildman–Crippen LogP) is 4.03. The molecule has 1 aliphatic heterocycles. The first-order valence-electron chi connectivity index (χ1n) is 9.69. The Balaban J connectivity index is 1.48. The summed E-state index contributed by atoms with van der Waals surface area (Å²) in [5.41, 5.74) is 1.33. The molecule has 0 unspecified atom stereocenters. The smallest absolute Gasteiger partial charge is 0.223 e. The van der Waals surface area contributed by atoms with Crippen LogP contribution >= 0.6 is 23.2 Å². The molecule has 2 aromatic rings. The van der Waals surface area contributed by atoms with E-state index >= 15 is 0 Å². The molecule has 1 saturated heterocycles. The quantitative estimate of drug-likeness (QED) is 0.661. The third kappa shape index (κ3) is 5.94. The van der Waals surface area contributed by atoms with Crippen molar-refractivity contribution in [2.24, 2.45) is 5.92 Å². The molecular formula is C21H23Cl2FN2O3S. The van der Waals surface area contributed by atoms with E-state index in [1.165, 1.54) is 16.4 Å². The SMILES string of the molecule is O=C(NCCc1ccc(F)cc1)C1CCN(S(=O)(=O)Cc2c(Cl)cccc2Cl)CC1. The van der Waals surface area contributed by atoms with Gasteiger partial charge in [0.15, 0.2) is 0 Å². The van der Waals surface area contributed by atoms with Crippen LogP contribution < -0.4 is 5.32 Å². The lowest BCUT2D eigenvalue weighted by Gasteiger charge is -2.30.